The van der Waals surface area contributed by atoms with Gasteiger partial charge in [0.25, 0.3) is 0 Å². The van der Waals surface area contributed by atoms with Gasteiger partial charge in [0.1, 0.15) is 0 Å². The van der Waals surface area contributed by atoms with E-state index < -0.39 is 0 Å². The molecule has 0 aliphatic heterocycles. The third-order valence-corrected chi connectivity index (χ3v) is 3.07. The predicted octanol–water partition coefficient (Wildman–Crippen LogP) is 3.99. The fourth-order valence-corrected chi connectivity index (χ4v) is 2.22. The maximum Gasteiger partial charge on any atom is 0.208 e. The first kappa shape index (κ1) is 10.4. The molecule has 0 bridgehead atoms. The van der Waals surface area contributed by atoms with Crippen molar-refractivity contribution in [2.75, 3.05) is 0 Å². The number of hydrogen-bond donors (Lipinski definition) is 0. The zero-order valence-electron chi connectivity index (χ0n) is 9.39. The molecule has 3 aromatic rings. The molecule has 84 valence electrons. The molecular weight excluding hydrogens is 232 g/mol. The zero-order valence-corrected chi connectivity index (χ0v) is 10.1. The highest BCUT2D eigenvalue weighted by Gasteiger charge is 2.09. The van der Waals surface area contributed by atoms with E-state index in [-0.39, 0.29) is 0 Å². The van der Waals surface area contributed by atoms with Gasteiger partial charge in [-0.3, -0.25) is 4.57 Å². The molecule has 0 spiro atoms. The van der Waals surface area contributed by atoms with Gasteiger partial charge in [0.05, 0.1) is 11.0 Å². The number of halogens is 1. The van der Waals surface area contributed by atoms with Crippen molar-refractivity contribution in [2.45, 2.75) is 6.92 Å². The number of imidazole rings is 1. The van der Waals surface area contributed by atoms with Gasteiger partial charge in [0.15, 0.2) is 0 Å². The summed E-state index contributed by atoms with van der Waals surface area (Å²) in [6.07, 6.45) is 0. The molecule has 3 rings (SSSR count). The fourth-order valence-electron chi connectivity index (χ4n) is 1.94. The number of benzene rings is 2. The molecule has 0 aliphatic carbocycles. The van der Waals surface area contributed by atoms with E-state index in [1.807, 2.05) is 28.8 Å². The van der Waals surface area contributed by atoms with E-state index >= 15 is 0 Å². The standard InChI is InChI=1S/C14H11ClN2/c1-10-6-8-11(9-7-10)17-13-5-3-2-4-12(13)16-14(17)15/h2-9H,1H3. The van der Waals surface area contributed by atoms with Gasteiger partial charge in [-0.15, -0.1) is 0 Å². The average Bonchev–Trinajstić information content (AvgIpc) is 2.66. The van der Waals surface area contributed by atoms with Crippen LogP contribution in [0.15, 0.2) is 48.5 Å². The van der Waals surface area contributed by atoms with E-state index in [1.165, 1.54) is 5.56 Å². The highest BCUT2D eigenvalue weighted by atomic mass is 35.5. The van der Waals surface area contributed by atoms with Crippen molar-refractivity contribution < 1.29 is 0 Å². The van der Waals surface area contributed by atoms with Crippen LogP contribution in [0.5, 0.6) is 0 Å². The van der Waals surface area contributed by atoms with Crippen LogP contribution in [0.4, 0.5) is 0 Å². The van der Waals surface area contributed by atoms with Crippen LogP contribution in [0.1, 0.15) is 5.56 Å². The Hall–Kier alpha value is -1.80. The van der Waals surface area contributed by atoms with Crippen LogP contribution in [0.2, 0.25) is 5.28 Å². The van der Waals surface area contributed by atoms with Crippen LogP contribution in [0.3, 0.4) is 0 Å². The second-order valence-electron chi connectivity index (χ2n) is 4.04. The average molecular weight is 243 g/mol. The minimum absolute atomic E-state index is 0.495. The zero-order chi connectivity index (χ0) is 11.8. The summed E-state index contributed by atoms with van der Waals surface area (Å²) in [5, 5.41) is 0.495. The third-order valence-electron chi connectivity index (χ3n) is 2.81. The largest absolute Gasteiger partial charge is 0.283 e. The van der Waals surface area contributed by atoms with Crippen LogP contribution in [-0.2, 0) is 0 Å². The second-order valence-corrected chi connectivity index (χ2v) is 4.38. The summed E-state index contributed by atoms with van der Waals surface area (Å²) >= 11 is 6.19. The summed E-state index contributed by atoms with van der Waals surface area (Å²) in [7, 11) is 0. The summed E-state index contributed by atoms with van der Waals surface area (Å²) in [6.45, 7) is 2.07. The van der Waals surface area contributed by atoms with Crippen molar-refractivity contribution in [3.63, 3.8) is 0 Å². The van der Waals surface area contributed by atoms with E-state index in [2.05, 4.69) is 36.2 Å². The van der Waals surface area contributed by atoms with Crippen molar-refractivity contribution in [1.29, 1.82) is 0 Å². The number of aromatic nitrogens is 2. The molecule has 0 atom stereocenters. The van der Waals surface area contributed by atoms with Crippen molar-refractivity contribution in [2.24, 2.45) is 0 Å². The summed E-state index contributed by atoms with van der Waals surface area (Å²) in [4.78, 5) is 4.34. The Morgan fingerprint density at radius 3 is 2.47 bits per heavy atom. The summed E-state index contributed by atoms with van der Waals surface area (Å²) < 4.78 is 1.95. The lowest BCUT2D eigenvalue weighted by atomic mass is 10.2. The Kier molecular flexibility index (Phi) is 2.37. The fraction of sp³-hybridized carbons (Fsp3) is 0.0714. The van der Waals surface area contributed by atoms with Crippen molar-refractivity contribution in [3.8, 4) is 5.69 Å². The van der Waals surface area contributed by atoms with Gasteiger partial charge in [0.2, 0.25) is 5.28 Å². The number of hydrogen-bond acceptors (Lipinski definition) is 1. The van der Waals surface area contributed by atoms with Gasteiger partial charge in [0, 0.05) is 5.69 Å². The smallest absolute Gasteiger partial charge is 0.208 e. The van der Waals surface area contributed by atoms with Gasteiger partial charge >= 0.3 is 0 Å². The van der Waals surface area contributed by atoms with Gasteiger partial charge in [-0.25, -0.2) is 4.98 Å². The molecule has 0 saturated heterocycles. The first-order valence-corrected chi connectivity index (χ1v) is 5.83. The van der Waals surface area contributed by atoms with Crippen molar-refractivity contribution >= 4 is 22.6 Å². The van der Waals surface area contributed by atoms with Gasteiger partial charge in [-0.2, -0.15) is 0 Å². The summed E-state index contributed by atoms with van der Waals surface area (Å²) in [6, 6.07) is 16.2. The number of fused-ring (bicyclic) bond motifs is 1. The van der Waals surface area contributed by atoms with Crippen LogP contribution in [0.25, 0.3) is 16.7 Å². The molecule has 2 nitrogen and oxygen atoms in total. The normalized spacial score (nSPS) is 10.9. The van der Waals surface area contributed by atoms with Gasteiger partial charge in [-0.05, 0) is 42.8 Å². The molecular formula is C14H11ClN2. The highest BCUT2D eigenvalue weighted by Crippen LogP contribution is 2.24. The summed E-state index contributed by atoms with van der Waals surface area (Å²) in [5.41, 5.74) is 4.21. The quantitative estimate of drug-likeness (QED) is 0.631. The lowest BCUT2D eigenvalue weighted by molar-refractivity contribution is 1.09. The van der Waals surface area contributed by atoms with Crippen molar-refractivity contribution in [3.05, 3.63) is 59.4 Å². The van der Waals surface area contributed by atoms with Crippen LogP contribution < -0.4 is 0 Å². The highest BCUT2D eigenvalue weighted by molar-refractivity contribution is 6.29. The molecule has 0 radical (unpaired) electrons. The monoisotopic (exact) mass is 242 g/mol. The number of para-hydroxylation sites is 2. The Morgan fingerprint density at radius 1 is 1.00 bits per heavy atom. The molecule has 1 aromatic heterocycles. The van der Waals surface area contributed by atoms with E-state index in [4.69, 9.17) is 11.6 Å². The molecule has 3 heteroatoms. The third kappa shape index (κ3) is 1.71. The molecule has 0 N–H and O–H groups in total. The minimum Gasteiger partial charge on any atom is -0.283 e. The predicted molar refractivity (Wildman–Crippen MR) is 70.8 cm³/mol. The second kappa shape index (κ2) is 3.90. The molecule has 0 saturated carbocycles. The molecule has 2 aromatic carbocycles. The molecule has 1 heterocycles. The Bertz CT molecular complexity index is 668. The maximum absolute atomic E-state index is 6.19. The number of nitrogens with zero attached hydrogens (tertiary/aromatic N) is 2. The summed E-state index contributed by atoms with van der Waals surface area (Å²) in [5.74, 6) is 0. The first-order chi connectivity index (χ1) is 8.25. The Balaban J connectivity index is 2.29. The molecule has 17 heavy (non-hydrogen) atoms. The van der Waals surface area contributed by atoms with E-state index in [9.17, 15) is 0 Å². The van der Waals surface area contributed by atoms with Crippen LogP contribution >= 0.6 is 11.6 Å². The van der Waals surface area contributed by atoms with Crippen LogP contribution in [0, 0.1) is 6.92 Å². The van der Waals surface area contributed by atoms with E-state index in [0.29, 0.717) is 5.28 Å². The van der Waals surface area contributed by atoms with Gasteiger partial charge < -0.3 is 0 Å². The molecule has 0 fully saturated rings. The molecule has 0 unspecified atom stereocenters. The molecule has 0 aliphatic rings. The minimum atomic E-state index is 0.495. The van der Waals surface area contributed by atoms with Crippen molar-refractivity contribution in [1.82, 2.24) is 9.55 Å². The lowest BCUT2D eigenvalue weighted by Gasteiger charge is -2.05. The topological polar surface area (TPSA) is 17.8 Å². The maximum atomic E-state index is 6.19. The Labute approximate surface area is 104 Å². The first-order valence-electron chi connectivity index (χ1n) is 5.46. The number of aryl methyl sites for hydroxylation is 1. The SMILES string of the molecule is Cc1ccc(-n2c(Cl)nc3ccccc32)cc1. The molecule has 0 amide bonds. The Morgan fingerprint density at radius 2 is 1.71 bits per heavy atom. The van der Waals surface area contributed by atoms with Crippen LogP contribution in [-0.4, -0.2) is 9.55 Å². The van der Waals surface area contributed by atoms with E-state index in [1.54, 1.807) is 0 Å². The van der Waals surface area contributed by atoms with E-state index in [0.717, 1.165) is 16.7 Å². The van der Waals surface area contributed by atoms with Gasteiger partial charge in [-0.1, -0.05) is 29.8 Å². The number of rotatable bonds is 1. The lowest BCUT2D eigenvalue weighted by Crippen LogP contribution is -1.93.